The lowest BCUT2D eigenvalue weighted by Gasteiger charge is -2.18. The first kappa shape index (κ1) is 34.5. The van der Waals surface area contributed by atoms with Crippen LogP contribution in [0.4, 0.5) is 0 Å². The van der Waals surface area contributed by atoms with E-state index in [-0.39, 0.29) is 19.4 Å². The van der Waals surface area contributed by atoms with E-state index in [2.05, 4.69) is 35.8 Å². The zero-order valence-electron chi connectivity index (χ0n) is 22.4. The number of hydrogen-bond donors (Lipinski definition) is 2. The Labute approximate surface area is 218 Å². The number of ether oxygens (including phenoxy) is 2. The first-order valence-corrected chi connectivity index (χ1v) is 15.2. The van der Waals surface area contributed by atoms with Gasteiger partial charge in [0.05, 0.1) is 6.61 Å². The summed E-state index contributed by atoms with van der Waals surface area (Å²) in [5.41, 5.74) is 0. The maximum atomic E-state index is 12.1. The van der Waals surface area contributed by atoms with Gasteiger partial charge in [0.15, 0.2) is 6.10 Å². The van der Waals surface area contributed by atoms with Gasteiger partial charge in [-0.3, -0.25) is 14.1 Å². The molecular weight excluding hydrogens is 483 g/mol. The zero-order chi connectivity index (χ0) is 26.9. The lowest BCUT2D eigenvalue weighted by molar-refractivity contribution is -0.161. The van der Waals surface area contributed by atoms with Gasteiger partial charge in [0, 0.05) is 12.8 Å². The molecule has 0 bridgehead atoms. The summed E-state index contributed by atoms with van der Waals surface area (Å²) >= 11 is 0. The van der Waals surface area contributed by atoms with Crippen LogP contribution in [0.2, 0.25) is 0 Å². The van der Waals surface area contributed by atoms with Gasteiger partial charge in [-0.15, -0.1) is 0 Å². The maximum absolute atomic E-state index is 12.1. The van der Waals surface area contributed by atoms with Gasteiger partial charge in [0.2, 0.25) is 0 Å². The number of hydrogen-bond acceptors (Lipinski definition) is 6. The van der Waals surface area contributed by atoms with Gasteiger partial charge in [-0.2, -0.15) is 0 Å². The summed E-state index contributed by atoms with van der Waals surface area (Å²) in [6.07, 6.45) is 23.6. The second-order valence-corrected chi connectivity index (χ2v) is 10.3. The zero-order valence-corrected chi connectivity index (χ0v) is 23.3. The number of phosphoric ester groups is 1. The van der Waals surface area contributed by atoms with E-state index in [1.807, 2.05) is 6.92 Å². The minimum absolute atomic E-state index is 0.202. The lowest BCUT2D eigenvalue weighted by Crippen LogP contribution is -2.29. The molecule has 36 heavy (non-hydrogen) atoms. The minimum Gasteiger partial charge on any atom is -0.462 e. The van der Waals surface area contributed by atoms with E-state index in [4.69, 9.17) is 19.3 Å². The molecule has 0 radical (unpaired) electrons. The molecule has 0 saturated heterocycles. The van der Waals surface area contributed by atoms with Crippen molar-refractivity contribution in [2.75, 3.05) is 13.2 Å². The monoisotopic (exact) mass is 532 g/mol. The Balaban J connectivity index is 3.84. The summed E-state index contributed by atoms with van der Waals surface area (Å²) in [5.74, 6) is -0.959. The topological polar surface area (TPSA) is 119 Å². The molecule has 0 heterocycles. The SMILES string of the molecule is CCCCC/C=C\C/C=C\CCCCCCCCCC(=O)OC(COC(=O)CCC)COP(=O)(O)O. The van der Waals surface area contributed by atoms with Crippen LogP contribution in [-0.2, 0) is 28.2 Å². The molecule has 0 aliphatic carbocycles. The molecule has 0 spiro atoms. The Bertz CT molecular complexity index is 656. The fourth-order valence-corrected chi connectivity index (χ4v) is 3.80. The molecule has 9 heteroatoms. The molecule has 0 aliphatic rings. The Morgan fingerprint density at radius 2 is 1.31 bits per heavy atom. The highest BCUT2D eigenvalue weighted by molar-refractivity contribution is 7.46. The van der Waals surface area contributed by atoms with Gasteiger partial charge in [0.1, 0.15) is 6.61 Å². The Hall–Kier alpha value is -1.47. The molecule has 8 nitrogen and oxygen atoms in total. The van der Waals surface area contributed by atoms with E-state index >= 15 is 0 Å². The van der Waals surface area contributed by atoms with Crippen LogP contribution in [0.15, 0.2) is 24.3 Å². The van der Waals surface area contributed by atoms with Crippen molar-refractivity contribution in [2.45, 2.75) is 123 Å². The third-order valence-corrected chi connectivity index (χ3v) is 5.93. The minimum atomic E-state index is -4.72. The molecule has 0 amide bonds. The van der Waals surface area contributed by atoms with Crippen molar-refractivity contribution in [1.82, 2.24) is 0 Å². The second kappa shape index (κ2) is 23.9. The van der Waals surface area contributed by atoms with E-state index in [0.29, 0.717) is 12.8 Å². The summed E-state index contributed by atoms with van der Waals surface area (Å²) in [6, 6.07) is 0. The standard InChI is InChI=1S/C27H49O8P/c1-3-5-6-7-8-9-10-11-12-13-14-15-16-17-18-19-20-22-27(29)35-25(24-34-36(30,31)32)23-33-26(28)21-4-2/h8-9,11-12,25H,3-7,10,13-24H2,1-2H3,(H2,30,31,32)/b9-8-,12-11-. The molecule has 0 aromatic rings. The van der Waals surface area contributed by atoms with Crippen molar-refractivity contribution in [3.8, 4) is 0 Å². The number of unbranched alkanes of at least 4 members (excludes halogenated alkanes) is 10. The van der Waals surface area contributed by atoms with Gasteiger partial charge in [-0.05, 0) is 44.9 Å². The van der Waals surface area contributed by atoms with Gasteiger partial charge in [0.25, 0.3) is 0 Å². The van der Waals surface area contributed by atoms with Crippen LogP contribution in [-0.4, -0.2) is 41.0 Å². The quantitative estimate of drug-likeness (QED) is 0.0593. The summed E-state index contributed by atoms with van der Waals surface area (Å²) in [5, 5.41) is 0. The number of carbonyl (C=O) groups excluding carboxylic acids is 2. The fourth-order valence-electron chi connectivity index (χ4n) is 3.44. The molecule has 1 atom stereocenters. The maximum Gasteiger partial charge on any atom is 0.469 e. The molecule has 0 aromatic carbocycles. The van der Waals surface area contributed by atoms with E-state index in [1.54, 1.807) is 0 Å². The number of rotatable bonds is 24. The van der Waals surface area contributed by atoms with Crippen LogP contribution in [0, 0.1) is 0 Å². The fraction of sp³-hybridized carbons (Fsp3) is 0.778. The smallest absolute Gasteiger partial charge is 0.462 e. The lowest BCUT2D eigenvalue weighted by atomic mass is 10.1. The molecule has 0 rings (SSSR count). The number of carbonyl (C=O) groups is 2. The van der Waals surface area contributed by atoms with Crippen LogP contribution in [0.25, 0.3) is 0 Å². The van der Waals surface area contributed by atoms with E-state index in [9.17, 15) is 14.2 Å². The first-order valence-electron chi connectivity index (χ1n) is 13.6. The average molecular weight is 533 g/mol. The normalized spacial score (nSPS) is 12.9. The van der Waals surface area contributed by atoms with Crippen LogP contribution >= 0.6 is 7.82 Å². The van der Waals surface area contributed by atoms with Crippen molar-refractivity contribution in [3.05, 3.63) is 24.3 Å². The van der Waals surface area contributed by atoms with Crippen LogP contribution in [0.3, 0.4) is 0 Å². The van der Waals surface area contributed by atoms with Crippen molar-refractivity contribution in [2.24, 2.45) is 0 Å². The van der Waals surface area contributed by atoms with Gasteiger partial charge in [-0.25, -0.2) is 4.57 Å². The van der Waals surface area contributed by atoms with Crippen LogP contribution in [0.1, 0.15) is 117 Å². The van der Waals surface area contributed by atoms with Gasteiger partial charge >= 0.3 is 19.8 Å². The molecular formula is C27H49O8P. The van der Waals surface area contributed by atoms with Crippen LogP contribution < -0.4 is 0 Å². The third-order valence-electron chi connectivity index (χ3n) is 5.44. The number of allylic oxidation sites excluding steroid dienone is 4. The third kappa shape index (κ3) is 25.6. The Kier molecular flexibility index (Phi) is 22.9. The van der Waals surface area contributed by atoms with E-state index in [1.165, 1.54) is 44.9 Å². The van der Waals surface area contributed by atoms with Crippen LogP contribution in [0.5, 0.6) is 0 Å². The first-order chi connectivity index (χ1) is 17.3. The molecule has 0 aromatic heterocycles. The summed E-state index contributed by atoms with van der Waals surface area (Å²) in [7, 11) is -4.72. The van der Waals surface area contributed by atoms with Crippen molar-refractivity contribution < 1.29 is 37.9 Å². The number of esters is 2. The highest BCUT2D eigenvalue weighted by atomic mass is 31.2. The van der Waals surface area contributed by atoms with Crippen molar-refractivity contribution >= 4 is 19.8 Å². The Morgan fingerprint density at radius 3 is 1.89 bits per heavy atom. The predicted molar refractivity (Wildman–Crippen MR) is 142 cm³/mol. The van der Waals surface area contributed by atoms with Crippen molar-refractivity contribution in [1.29, 1.82) is 0 Å². The second-order valence-electron chi connectivity index (χ2n) is 9.02. The molecule has 210 valence electrons. The summed E-state index contributed by atoms with van der Waals surface area (Å²) < 4.78 is 25.5. The molecule has 0 saturated carbocycles. The molecule has 0 aliphatic heterocycles. The number of phosphoric acid groups is 1. The van der Waals surface area contributed by atoms with E-state index < -0.39 is 32.5 Å². The highest BCUT2D eigenvalue weighted by Gasteiger charge is 2.22. The average Bonchev–Trinajstić information content (AvgIpc) is 2.82. The largest absolute Gasteiger partial charge is 0.469 e. The van der Waals surface area contributed by atoms with Crippen molar-refractivity contribution in [3.63, 3.8) is 0 Å². The van der Waals surface area contributed by atoms with E-state index in [0.717, 1.165) is 32.1 Å². The molecule has 2 N–H and O–H groups in total. The van der Waals surface area contributed by atoms with Gasteiger partial charge < -0.3 is 19.3 Å². The summed E-state index contributed by atoms with van der Waals surface area (Å²) in [4.78, 5) is 41.3. The molecule has 0 fully saturated rings. The Morgan fingerprint density at radius 1 is 0.722 bits per heavy atom. The highest BCUT2D eigenvalue weighted by Crippen LogP contribution is 2.35. The molecule has 1 unspecified atom stereocenters. The summed E-state index contributed by atoms with van der Waals surface area (Å²) in [6.45, 7) is 3.21. The van der Waals surface area contributed by atoms with Gasteiger partial charge in [-0.1, -0.05) is 83.1 Å². The predicted octanol–water partition coefficient (Wildman–Crippen LogP) is 6.94.